The van der Waals surface area contributed by atoms with Gasteiger partial charge in [0.05, 0.1) is 0 Å². The van der Waals surface area contributed by atoms with Crippen LogP contribution < -0.4 is 0 Å². The molecule has 60 valence electrons. The number of hydrogen-bond acceptors (Lipinski definition) is 1. The van der Waals surface area contributed by atoms with Gasteiger partial charge >= 0.3 is 0 Å². The van der Waals surface area contributed by atoms with Gasteiger partial charge in [-0.05, 0) is 20.9 Å². The molecule has 0 unspecified atom stereocenters. The van der Waals surface area contributed by atoms with Crippen molar-refractivity contribution in [2.45, 2.75) is 19.9 Å². The summed E-state index contributed by atoms with van der Waals surface area (Å²) in [6.07, 6.45) is 0. The van der Waals surface area contributed by atoms with Crippen LogP contribution in [0.25, 0.3) is 0 Å². The monoisotopic (exact) mass is 205 g/mol. The topological polar surface area (TPSA) is 3.24 Å². The van der Waals surface area contributed by atoms with E-state index in [-0.39, 0.29) is 0 Å². The molecular weight excluding hydrogens is 190 g/mol. The Balaban J connectivity index is 3.57. The summed E-state index contributed by atoms with van der Waals surface area (Å²) in [5.74, 6) is 0. The molecule has 0 N–H and O–H groups in total. The number of rotatable bonds is 4. The van der Waals surface area contributed by atoms with Crippen molar-refractivity contribution in [3.05, 3.63) is 12.2 Å². The number of likely N-dealkylation sites (N-methyl/N-ethyl adjacent to an activating group) is 1. The molecule has 0 fully saturated rings. The Labute approximate surface area is 72.2 Å². The minimum Gasteiger partial charge on any atom is -0.300 e. The summed E-state index contributed by atoms with van der Waals surface area (Å²) in [6, 6.07) is 0.607. The van der Waals surface area contributed by atoms with Crippen LogP contribution >= 0.6 is 15.9 Å². The highest BCUT2D eigenvalue weighted by Crippen LogP contribution is 2.01. The molecule has 10 heavy (non-hydrogen) atoms. The van der Waals surface area contributed by atoms with Gasteiger partial charge in [0.1, 0.15) is 0 Å². The Hall–Kier alpha value is 0.180. The van der Waals surface area contributed by atoms with Crippen LogP contribution in [-0.4, -0.2) is 29.9 Å². The molecule has 0 aromatic rings. The van der Waals surface area contributed by atoms with Crippen molar-refractivity contribution in [2.75, 3.05) is 18.9 Å². The van der Waals surface area contributed by atoms with Crippen LogP contribution in [0.1, 0.15) is 13.8 Å². The molecule has 0 radical (unpaired) electrons. The lowest BCUT2D eigenvalue weighted by Crippen LogP contribution is -2.28. The first kappa shape index (κ1) is 10.2. The van der Waals surface area contributed by atoms with E-state index < -0.39 is 0 Å². The van der Waals surface area contributed by atoms with Gasteiger partial charge in [-0.1, -0.05) is 28.1 Å². The summed E-state index contributed by atoms with van der Waals surface area (Å²) >= 11 is 3.37. The van der Waals surface area contributed by atoms with Crippen LogP contribution in [-0.2, 0) is 0 Å². The molecule has 0 rings (SSSR count). The van der Waals surface area contributed by atoms with Gasteiger partial charge in [0.2, 0.25) is 0 Å². The highest BCUT2D eigenvalue weighted by Gasteiger charge is 2.02. The second-order valence-corrected chi connectivity index (χ2v) is 3.45. The largest absolute Gasteiger partial charge is 0.300 e. The standard InChI is InChI=1S/C8H16BrN/c1-7(2)10(4)6-8(3)5-9/h7H,3,5-6H2,1-2,4H3. The van der Waals surface area contributed by atoms with Crippen molar-refractivity contribution in [3.8, 4) is 0 Å². The van der Waals surface area contributed by atoms with Gasteiger partial charge in [0.15, 0.2) is 0 Å². The SMILES string of the molecule is C=C(CBr)CN(C)C(C)C. The smallest absolute Gasteiger partial charge is 0.0251 e. The molecular formula is C8H16BrN. The minimum atomic E-state index is 0.607. The number of alkyl halides is 1. The third-order valence-corrected chi connectivity index (χ3v) is 2.34. The fourth-order valence-electron chi connectivity index (χ4n) is 0.578. The molecule has 1 nitrogen and oxygen atoms in total. The van der Waals surface area contributed by atoms with Crippen LogP contribution in [0.2, 0.25) is 0 Å². The fourth-order valence-corrected chi connectivity index (χ4v) is 0.755. The molecule has 0 aromatic carbocycles. The highest BCUT2D eigenvalue weighted by atomic mass is 79.9. The van der Waals surface area contributed by atoms with Crippen molar-refractivity contribution in [1.29, 1.82) is 0 Å². The van der Waals surface area contributed by atoms with Gasteiger partial charge in [0.25, 0.3) is 0 Å². The first-order valence-electron chi connectivity index (χ1n) is 3.50. The molecule has 0 bridgehead atoms. The maximum absolute atomic E-state index is 3.91. The number of hydrogen-bond donors (Lipinski definition) is 0. The predicted octanol–water partition coefficient (Wildman–Crippen LogP) is 2.28. The maximum Gasteiger partial charge on any atom is 0.0251 e. The Morgan fingerprint density at radius 1 is 1.60 bits per heavy atom. The lowest BCUT2D eigenvalue weighted by Gasteiger charge is -2.21. The van der Waals surface area contributed by atoms with E-state index in [1.54, 1.807) is 0 Å². The van der Waals surface area contributed by atoms with E-state index in [0.29, 0.717) is 6.04 Å². The summed E-state index contributed by atoms with van der Waals surface area (Å²) < 4.78 is 0. The second-order valence-electron chi connectivity index (χ2n) is 2.89. The Bertz CT molecular complexity index is 110. The van der Waals surface area contributed by atoms with Crippen molar-refractivity contribution in [1.82, 2.24) is 4.90 Å². The van der Waals surface area contributed by atoms with Crippen LogP contribution in [0.3, 0.4) is 0 Å². The Morgan fingerprint density at radius 2 is 2.10 bits per heavy atom. The Morgan fingerprint density at radius 3 is 2.40 bits per heavy atom. The van der Waals surface area contributed by atoms with E-state index in [4.69, 9.17) is 0 Å². The van der Waals surface area contributed by atoms with Crippen LogP contribution in [0, 0.1) is 0 Å². The molecule has 0 atom stereocenters. The lowest BCUT2D eigenvalue weighted by molar-refractivity contribution is 0.297. The third kappa shape index (κ3) is 4.07. The van der Waals surface area contributed by atoms with Gasteiger partial charge in [-0.3, -0.25) is 0 Å². The van der Waals surface area contributed by atoms with Gasteiger partial charge in [-0.2, -0.15) is 0 Å². The lowest BCUT2D eigenvalue weighted by atomic mass is 10.3. The first-order chi connectivity index (χ1) is 4.57. The van der Waals surface area contributed by atoms with E-state index in [0.717, 1.165) is 11.9 Å². The van der Waals surface area contributed by atoms with Gasteiger partial charge in [-0.15, -0.1) is 0 Å². The van der Waals surface area contributed by atoms with E-state index in [9.17, 15) is 0 Å². The van der Waals surface area contributed by atoms with E-state index in [1.807, 2.05) is 0 Å². The summed E-state index contributed by atoms with van der Waals surface area (Å²) in [5, 5.41) is 0.907. The van der Waals surface area contributed by atoms with Crippen molar-refractivity contribution in [2.24, 2.45) is 0 Å². The normalized spacial score (nSPS) is 11.0. The molecule has 0 spiro atoms. The van der Waals surface area contributed by atoms with Gasteiger partial charge in [-0.25, -0.2) is 0 Å². The second kappa shape index (κ2) is 4.91. The zero-order valence-electron chi connectivity index (χ0n) is 7.02. The highest BCUT2D eigenvalue weighted by molar-refractivity contribution is 9.09. The molecule has 0 saturated heterocycles. The molecule has 0 amide bonds. The van der Waals surface area contributed by atoms with Crippen LogP contribution in [0.4, 0.5) is 0 Å². The number of halogens is 1. The molecule has 2 heteroatoms. The summed E-state index contributed by atoms with van der Waals surface area (Å²) in [6.45, 7) is 9.26. The summed E-state index contributed by atoms with van der Waals surface area (Å²) in [4.78, 5) is 2.27. The minimum absolute atomic E-state index is 0.607. The Kier molecular flexibility index (Phi) is 5.00. The molecule has 0 aliphatic carbocycles. The van der Waals surface area contributed by atoms with Crippen molar-refractivity contribution < 1.29 is 0 Å². The zero-order valence-corrected chi connectivity index (χ0v) is 8.61. The van der Waals surface area contributed by atoms with E-state index in [1.165, 1.54) is 5.57 Å². The van der Waals surface area contributed by atoms with Crippen molar-refractivity contribution >= 4 is 15.9 Å². The van der Waals surface area contributed by atoms with Gasteiger partial charge in [0, 0.05) is 17.9 Å². The number of nitrogens with zero attached hydrogens (tertiary/aromatic N) is 1. The first-order valence-corrected chi connectivity index (χ1v) is 4.63. The predicted molar refractivity (Wildman–Crippen MR) is 50.7 cm³/mol. The van der Waals surface area contributed by atoms with Crippen LogP contribution in [0.5, 0.6) is 0 Å². The van der Waals surface area contributed by atoms with Gasteiger partial charge < -0.3 is 4.90 Å². The van der Waals surface area contributed by atoms with Crippen molar-refractivity contribution in [3.63, 3.8) is 0 Å². The quantitative estimate of drug-likeness (QED) is 0.503. The summed E-state index contributed by atoms with van der Waals surface area (Å²) in [7, 11) is 2.11. The molecule has 0 aliphatic rings. The summed E-state index contributed by atoms with van der Waals surface area (Å²) in [5.41, 5.74) is 1.23. The third-order valence-electron chi connectivity index (χ3n) is 1.54. The molecule has 0 heterocycles. The maximum atomic E-state index is 3.91. The molecule has 0 saturated carbocycles. The molecule has 0 aliphatic heterocycles. The fraction of sp³-hybridized carbons (Fsp3) is 0.750. The zero-order chi connectivity index (χ0) is 8.15. The average Bonchev–Trinajstić information content (AvgIpc) is 1.87. The van der Waals surface area contributed by atoms with E-state index in [2.05, 4.69) is 48.3 Å². The van der Waals surface area contributed by atoms with Crippen LogP contribution in [0.15, 0.2) is 12.2 Å². The average molecular weight is 206 g/mol. The molecule has 0 aromatic heterocycles. The van der Waals surface area contributed by atoms with E-state index >= 15 is 0 Å².